The molecule has 0 N–H and O–H groups in total. The lowest BCUT2D eigenvalue weighted by atomic mass is 9.88. The number of imide groups is 2. The van der Waals surface area contributed by atoms with Crippen LogP contribution in [0.5, 0.6) is 0 Å². The minimum absolute atomic E-state index is 0.0883. The van der Waals surface area contributed by atoms with E-state index < -0.39 is 35.7 Å². The monoisotopic (exact) mass is 523 g/mol. The number of carbonyl (C=O) groups excluding carboxylic acids is 5. The Kier molecular flexibility index (Phi) is 6.86. The zero-order chi connectivity index (χ0) is 27.0. The van der Waals surface area contributed by atoms with E-state index in [0.29, 0.717) is 16.3 Å². The molecule has 190 valence electrons. The Hall–Kier alpha value is -4.44. The van der Waals surface area contributed by atoms with E-state index in [2.05, 4.69) is 0 Å². The summed E-state index contributed by atoms with van der Waals surface area (Å²) < 4.78 is 11.5. The maximum atomic E-state index is 13.4. The van der Waals surface area contributed by atoms with Gasteiger partial charge in [-0.1, -0.05) is 41.9 Å². The molecule has 0 spiro atoms. The number of hydrogen-bond donors (Lipinski definition) is 0. The molecular weight excluding hydrogens is 502 g/mol. The van der Waals surface area contributed by atoms with Gasteiger partial charge < -0.3 is 14.0 Å². The fraction of sp³-hybridized carbons (Fsp3) is 0.192. The highest BCUT2D eigenvalue weighted by Crippen LogP contribution is 2.42. The van der Waals surface area contributed by atoms with Gasteiger partial charge in [0.25, 0.3) is 0 Å². The van der Waals surface area contributed by atoms with Crippen LogP contribution in [0.1, 0.15) is 32.3 Å². The zero-order valence-electron chi connectivity index (χ0n) is 20.4. The average molecular weight is 524 g/mol. The molecule has 37 heavy (non-hydrogen) atoms. The first kappa shape index (κ1) is 25.6. The lowest BCUT2D eigenvalue weighted by molar-refractivity contribution is -0.143. The summed E-state index contributed by atoms with van der Waals surface area (Å²) in [6.07, 6.45) is 0. The van der Waals surface area contributed by atoms with Gasteiger partial charge in [0.05, 0.1) is 25.5 Å². The van der Waals surface area contributed by atoms with Gasteiger partial charge in [-0.05, 0) is 29.8 Å². The molecule has 0 saturated carbocycles. The second-order valence-electron chi connectivity index (χ2n) is 8.16. The Morgan fingerprint density at radius 2 is 1.35 bits per heavy atom. The van der Waals surface area contributed by atoms with Crippen molar-refractivity contribution in [2.24, 2.45) is 0 Å². The predicted molar refractivity (Wildman–Crippen MR) is 133 cm³/mol. The minimum Gasteiger partial charge on any atom is -0.465 e. The van der Waals surface area contributed by atoms with Crippen molar-refractivity contribution in [3.63, 3.8) is 0 Å². The van der Waals surface area contributed by atoms with E-state index in [9.17, 15) is 24.0 Å². The molecule has 3 aromatic rings. The highest BCUT2D eigenvalue weighted by atomic mass is 35.5. The Morgan fingerprint density at radius 1 is 0.811 bits per heavy atom. The summed E-state index contributed by atoms with van der Waals surface area (Å²) in [4.78, 5) is 67.4. The van der Waals surface area contributed by atoms with Crippen LogP contribution in [0.3, 0.4) is 0 Å². The van der Waals surface area contributed by atoms with Gasteiger partial charge in [-0.2, -0.15) is 0 Å². The van der Waals surface area contributed by atoms with Crippen LogP contribution in [-0.4, -0.2) is 72.5 Å². The van der Waals surface area contributed by atoms with Gasteiger partial charge >= 0.3 is 18.0 Å². The van der Waals surface area contributed by atoms with E-state index in [4.69, 9.17) is 21.1 Å². The maximum Gasteiger partial charge on any atom is 0.355 e. The van der Waals surface area contributed by atoms with Crippen LogP contribution in [0.4, 0.5) is 4.79 Å². The first-order chi connectivity index (χ1) is 17.6. The molecule has 1 aliphatic rings. The van der Waals surface area contributed by atoms with Crippen LogP contribution >= 0.6 is 11.6 Å². The topological polar surface area (TPSA) is 115 Å². The molecule has 1 aromatic heterocycles. The number of carbonyl (C=O) groups is 5. The molecule has 2 heterocycles. The molecular formula is C26H22ClN3O7. The van der Waals surface area contributed by atoms with Crippen molar-refractivity contribution in [3.8, 4) is 16.9 Å². The van der Waals surface area contributed by atoms with Gasteiger partial charge in [-0.3, -0.25) is 19.4 Å². The van der Waals surface area contributed by atoms with Gasteiger partial charge in [-0.15, -0.1) is 0 Å². The summed E-state index contributed by atoms with van der Waals surface area (Å²) in [5.41, 5.74) is 0.407. The third-order valence-electron chi connectivity index (χ3n) is 6.13. The molecule has 0 radical (unpaired) electrons. The number of halogens is 1. The van der Waals surface area contributed by atoms with E-state index in [-0.39, 0.29) is 22.5 Å². The van der Waals surface area contributed by atoms with E-state index >= 15 is 0 Å². The standard InChI is InChI=1S/C26H22ClN3O7/c1-28-22(31)19(23(32)29(2)26(28)35)17-18(24(33)36-3)21(25(34)37-4)30(16-12-10-15(27)11-13-16)20(17)14-8-6-5-7-9-14/h5-13,19H,1-4H3. The number of rotatable bonds is 5. The van der Waals surface area contributed by atoms with E-state index in [1.54, 1.807) is 54.6 Å². The van der Waals surface area contributed by atoms with Crippen molar-refractivity contribution in [1.82, 2.24) is 14.4 Å². The highest BCUT2D eigenvalue weighted by molar-refractivity contribution is 6.30. The van der Waals surface area contributed by atoms with Crippen LogP contribution in [-0.2, 0) is 19.1 Å². The smallest absolute Gasteiger partial charge is 0.355 e. The van der Waals surface area contributed by atoms with Gasteiger partial charge in [0.15, 0.2) is 0 Å². The van der Waals surface area contributed by atoms with Crippen LogP contribution < -0.4 is 0 Å². The average Bonchev–Trinajstić information content (AvgIpc) is 3.26. The molecule has 4 amide bonds. The van der Waals surface area contributed by atoms with Gasteiger partial charge in [0, 0.05) is 30.4 Å². The molecule has 11 heteroatoms. The molecule has 1 aliphatic heterocycles. The Balaban J connectivity index is 2.23. The molecule has 2 aromatic carbocycles. The van der Waals surface area contributed by atoms with E-state index in [0.717, 1.165) is 24.0 Å². The zero-order valence-corrected chi connectivity index (χ0v) is 21.1. The lowest BCUT2D eigenvalue weighted by Crippen LogP contribution is -2.56. The van der Waals surface area contributed by atoms with Crippen LogP contribution in [0.2, 0.25) is 5.02 Å². The number of urea groups is 1. The molecule has 0 unspecified atom stereocenters. The second kappa shape index (κ2) is 9.90. The Morgan fingerprint density at radius 3 is 1.86 bits per heavy atom. The summed E-state index contributed by atoms with van der Waals surface area (Å²) in [7, 11) is 4.72. The van der Waals surface area contributed by atoms with Crippen molar-refractivity contribution in [3.05, 3.63) is 76.4 Å². The van der Waals surface area contributed by atoms with Crippen molar-refractivity contribution >= 4 is 41.4 Å². The molecule has 0 bridgehead atoms. The van der Waals surface area contributed by atoms with E-state index in [1.807, 2.05) is 0 Å². The number of nitrogens with zero attached hydrogens (tertiary/aromatic N) is 3. The Bertz CT molecular complexity index is 1410. The van der Waals surface area contributed by atoms with Gasteiger partial charge in [-0.25, -0.2) is 14.4 Å². The number of ether oxygens (including phenoxy) is 2. The summed E-state index contributed by atoms with van der Waals surface area (Å²) >= 11 is 6.09. The van der Waals surface area contributed by atoms with Gasteiger partial charge in [0.2, 0.25) is 11.8 Å². The van der Waals surface area contributed by atoms with Crippen molar-refractivity contribution in [2.75, 3.05) is 28.3 Å². The van der Waals surface area contributed by atoms with E-state index in [1.165, 1.54) is 18.7 Å². The number of barbiturate groups is 1. The van der Waals surface area contributed by atoms with Crippen molar-refractivity contribution in [2.45, 2.75) is 5.92 Å². The SMILES string of the molecule is COC(=O)c1c(C2C(=O)N(C)C(=O)N(C)C2=O)c(-c2ccccc2)n(-c2ccc(Cl)cc2)c1C(=O)OC. The first-order valence-electron chi connectivity index (χ1n) is 11.0. The van der Waals surface area contributed by atoms with Crippen LogP contribution in [0, 0.1) is 0 Å². The van der Waals surface area contributed by atoms with Gasteiger partial charge in [0.1, 0.15) is 11.6 Å². The van der Waals surface area contributed by atoms with Crippen molar-refractivity contribution in [1.29, 1.82) is 0 Å². The summed E-state index contributed by atoms with van der Waals surface area (Å²) in [5.74, 6) is -5.23. The Labute approximate surface area is 216 Å². The first-order valence-corrected chi connectivity index (χ1v) is 11.4. The maximum absolute atomic E-state index is 13.4. The second-order valence-corrected chi connectivity index (χ2v) is 8.59. The summed E-state index contributed by atoms with van der Waals surface area (Å²) in [6.45, 7) is 0. The van der Waals surface area contributed by atoms with Crippen molar-refractivity contribution < 1.29 is 33.4 Å². The lowest BCUT2D eigenvalue weighted by Gasteiger charge is -2.33. The van der Waals surface area contributed by atoms with Crippen LogP contribution in [0.15, 0.2) is 54.6 Å². The number of methoxy groups -OCH3 is 2. The molecule has 0 aliphatic carbocycles. The third-order valence-corrected chi connectivity index (χ3v) is 6.38. The number of benzene rings is 2. The number of amides is 4. The number of aromatic nitrogens is 1. The highest BCUT2D eigenvalue weighted by Gasteiger charge is 2.49. The number of esters is 2. The molecule has 1 saturated heterocycles. The quantitative estimate of drug-likeness (QED) is 0.371. The normalized spacial score (nSPS) is 14.2. The molecule has 4 rings (SSSR count). The number of likely N-dealkylation sites (N-methyl/N-ethyl adjacent to an activating group) is 2. The summed E-state index contributed by atoms with van der Waals surface area (Å²) in [5, 5.41) is 0.421. The molecule has 1 fully saturated rings. The van der Waals surface area contributed by atoms with Crippen LogP contribution in [0.25, 0.3) is 16.9 Å². The summed E-state index contributed by atoms with van der Waals surface area (Å²) in [6, 6.07) is 14.2. The molecule has 0 atom stereocenters. The third kappa shape index (κ3) is 4.15. The number of hydrogen-bond acceptors (Lipinski definition) is 7. The fourth-order valence-electron chi connectivity index (χ4n) is 4.35. The fourth-order valence-corrected chi connectivity index (χ4v) is 4.48. The predicted octanol–water partition coefficient (Wildman–Crippen LogP) is 3.50. The largest absolute Gasteiger partial charge is 0.465 e. The molecule has 10 nitrogen and oxygen atoms in total. The minimum atomic E-state index is -1.63.